The Morgan fingerprint density at radius 3 is 2.35 bits per heavy atom. The number of anilines is 2. The van der Waals surface area contributed by atoms with E-state index in [0.717, 1.165) is 35.3 Å². The van der Waals surface area contributed by atoms with E-state index in [4.69, 9.17) is 0 Å². The Labute approximate surface area is 201 Å². The van der Waals surface area contributed by atoms with Crippen molar-refractivity contribution in [3.8, 4) is 0 Å². The van der Waals surface area contributed by atoms with Crippen molar-refractivity contribution in [2.45, 2.75) is 39.2 Å². The molecule has 0 radical (unpaired) electrons. The van der Waals surface area contributed by atoms with Crippen LogP contribution in [0.3, 0.4) is 0 Å². The highest BCUT2D eigenvalue weighted by Crippen LogP contribution is 2.27. The van der Waals surface area contributed by atoms with Gasteiger partial charge in [-0.15, -0.1) is 0 Å². The lowest BCUT2D eigenvalue weighted by molar-refractivity contribution is -0.122. The molecule has 0 saturated heterocycles. The van der Waals surface area contributed by atoms with Crippen LogP contribution in [0.2, 0.25) is 0 Å². The average Bonchev–Trinajstić information content (AvgIpc) is 3.67. The smallest absolute Gasteiger partial charge is 0.238 e. The van der Waals surface area contributed by atoms with E-state index in [1.807, 2.05) is 50.2 Å². The number of hydrogen-bond acceptors (Lipinski definition) is 4. The van der Waals surface area contributed by atoms with Crippen LogP contribution >= 0.6 is 0 Å². The Morgan fingerprint density at radius 1 is 0.882 bits per heavy atom. The molecule has 178 valence electrons. The molecule has 1 saturated carbocycles. The van der Waals surface area contributed by atoms with Crippen molar-refractivity contribution in [3.05, 3.63) is 71.8 Å². The van der Waals surface area contributed by atoms with Gasteiger partial charge in [0.15, 0.2) is 0 Å². The predicted molar refractivity (Wildman–Crippen MR) is 139 cm³/mol. The maximum atomic E-state index is 12.7. The summed E-state index contributed by atoms with van der Waals surface area (Å²) in [6, 6.07) is 20.8. The molecule has 0 aromatic heterocycles. The van der Waals surface area contributed by atoms with Crippen molar-refractivity contribution in [3.63, 3.8) is 0 Å². The Kier molecular flexibility index (Phi) is 7.80. The Hall–Kier alpha value is -3.38. The first kappa shape index (κ1) is 23.8. The summed E-state index contributed by atoms with van der Waals surface area (Å²) in [6.07, 6.45) is 2.57. The number of benzene rings is 3. The number of carbonyl (C=O) groups is 2. The fraction of sp³-hybridized carbons (Fsp3) is 0.357. The van der Waals surface area contributed by atoms with Crippen LogP contribution in [0.5, 0.6) is 0 Å². The Balaban J connectivity index is 1.20. The maximum Gasteiger partial charge on any atom is 0.238 e. The zero-order valence-electron chi connectivity index (χ0n) is 20.1. The fourth-order valence-electron chi connectivity index (χ4n) is 4.32. The number of para-hydroxylation sites is 1. The molecule has 6 nitrogen and oxygen atoms in total. The number of amides is 2. The lowest BCUT2D eigenvalue weighted by Crippen LogP contribution is -2.38. The molecule has 1 fully saturated rings. The second-order valence-electron chi connectivity index (χ2n) is 9.07. The molecule has 4 rings (SSSR count). The predicted octanol–water partition coefficient (Wildman–Crippen LogP) is 4.48. The third-order valence-electron chi connectivity index (χ3n) is 6.33. The number of aryl methyl sites for hydroxylation is 2. The van der Waals surface area contributed by atoms with Crippen LogP contribution in [0.25, 0.3) is 10.8 Å². The van der Waals surface area contributed by atoms with Crippen LogP contribution in [-0.2, 0) is 9.59 Å². The molecule has 2 amide bonds. The van der Waals surface area contributed by atoms with Crippen LogP contribution in [0, 0.1) is 13.8 Å². The highest BCUT2D eigenvalue weighted by atomic mass is 16.2. The van der Waals surface area contributed by atoms with Crippen LogP contribution in [-0.4, -0.2) is 48.9 Å². The van der Waals surface area contributed by atoms with Gasteiger partial charge in [0.25, 0.3) is 0 Å². The lowest BCUT2D eigenvalue weighted by Gasteiger charge is -2.22. The van der Waals surface area contributed by atoms with Crippen molar-refractivity contribution in [2.75, 3.05) is 36.8 Å². The number of carbonyl (C=O) groups excluding carboxylic acids is 2. The van der Waals surface area contributed by atoms with Crippen molar-refractivity contribution in [1.29, 1.82) is 0 Å². The molecule has 0 aliphatic heterocycles. The van der Waals surface area contributed by atoms with E-state index < -0.39 is 0 Å². The summed E-state index contributed by atoms with van der Waals surface area (Å²) in [7, 11) is 0. The minimum atomic E-state index is -0.0241. The second kappa shape index (κ2) is 11.2. The molecular formula is C28H34N4O2. The van der Waals surface area contributed by atoms with Gasteiger partial charge in [-0.25, -0.2) is 0 Å². The van der Waals surface area contributed by atoms with Gasteiger partial charge in [0.05, 0.1) is 6.54 Å². The molecule has 0 atom stereocenters. The van der Waals surface area contributed by atoms with Crippen molar-refractivity contribution in [1.82, 2.24) is 10.2 Å². The minimum Gasteiger partial charge on any atom is -0.383 e. The van der Waals surface area contributed by atoms with Gasteiger partial charge >= 0.3 is 0 Å². The third-order valence-corrected chi connectivity index (χ3v) is 6.33. The fourth-order valence-corrected chi connectivity index (χ4v) is 4.32. The molecule has 1 aliphatic carbocycles. The molecule has 3 aromatic rings. The molecular weight excluding hydrogens is 424 g/mol. The van der Waals surface area contributed by atoms with Crippen LogP contribution in [0.15, 0.2) is 60.7 Å². The van der Waals surface area contributed by atoms with Crippen molar-refractivity contribution >= 4 is 34.0 Å². The van der Waals surface area contributed by atoms with Gasteiger partial charge in [0.2, 0.25) is 11.8 Å². The first-order valence-electron chi connectivity index (χ1n) is 12.1. The summed E-state index contributed by atoms with van der Waals surface area (Å²) in [4.78, 5) is 27.2. The number of fused-ring (bicyclic) bond motifs is 1. The van der Waals surface area contributed by atoms with Crippen molar-refractivity contribution in [2.24, 2.45) is 0 Å². The monoisotopic (exact) mass is 458 g/mol. The van der Waals surface area contributed by atoms with Gasteiger partial charge < -0.3 is 16.0 Å². The van der Waals surface area contributed by atoms with Gasteiger partial charge in [-0.2, -0.15) is 0 Å². The van der Waals surface area contributed by atoms with E-state index in [-0.39, 0.29) is 11.8 Å². The van der Waals surface area contributed by atoms with Crippen molar-refractivity contribution < 1.29 is 9.59 Å². The largest absolute Gasteiger partial charge is 0.383 e. The zero-order chi connectivity index (χ0) is 23.9. The standard InChI is InChI=1S/C28H34N4O2/c1-20-7-5-8-21(2)28(20)31-27(34)19-32(23-13-14-23)18-15-26(33)30-17-16-29-25-12-6-10-22-9-3-4-11-24(22)25/h3-12,23,29H,13-19H2,1-2H3,(H,30,33)(H,31,34). The Morgan fingerprint density at radius 2 is 1.59 bits per heavy atom. The molecule has 6 heteroatoms. The first-order valence-corrected chi connectivity index (χ1v) is 12.1. The SMILES string of the molecule is Cc1cccc(C)c1NC(=O)CN(CCC(=O)NCCNc1cccc2ccccc12)C1CC1. The maximum absolute atomic E-state index is 12.7. The topological polar surface area (TPSA) is 73.5 Å². The molecule has 34 heavy (non-hydrogen) atoms. The summed E-state index contributed by atoms with van der Waals surface area (Å²) in [5.74, 6) is -0.00970. The van der Waals surface area contributed by atoms with Crippen LogP contribution in [0.1, 0.15) is 30.4 Å². The van der Waals surface area contributed by atoms with E-state index in [2.05, 4.69) is 45.1 Å². The Bertz CT molecular complexity index is 1130. The van der Waals surface area contributed by atoms with E-state index in [0.29, 0.717) is 38.6 Å². The summed E-state index contributed by atoms with van der Waals surface area (Å²) < 4.78 is 0. The van der Waals surface area contributed by atoms with E-state index >= 15 is 0 Å². The normalized spacial score (nSPS) is 13.1. The highest BCUT2D eigenvalue weighted by Gasteiger charge is 2.30. The van der Waals surface area contributed by atoms with Crippen LogP contribution in [0.4, 0.5) is 11.4 Å². The summed E-state index contributed by atoms with van der Waals surface area (Å²) in [6.45, 7) is 6.12. The van der Waals surface area contributed by atoms with Gasteiger partial charge in [-0.05, 0) is 49.3 Å². The van der Waals surface area contributed by atoms with Gasteiger partial charge in [-0.1, -0.05) is 54.6 Å². The molecule has 3 N–H and O–H groups in total. The second-order valence-corrected chi connectivity index (χ2v) is 9.07. The molecule has 0 heterocycles. The van der Waals surface area contributed by atoms with E-state index in [1.54, 1.807) is 0 Å². The average molecular weight is 459 g/mol. The highest BCUT2D eigenvalue weighted by molar-refractivity contribution is 5.94. The summed E-state index contributed by atoms with van der Waals surface area (Å²) >= 11 is 0. The van der Waals surface area contributed by atoms with E-state index in [1.165, 1.54) is 10.8 Å². The molecule has 0 unspecified atom stereocenters. The quantitative estimate of drug-likeness (QED) is 0.371. The van der Waals surface area contributed by atoms with Gasteiger partial charge in [-0.3, -0.25) is 14.5 Å². The number of nitrogens with zero attached hydrogens (tertiary/aromatic N) is 1. The number of rotatable bonds is 11. The molecule has 0 spiro atoms. The zero-order valence-corrected chi connectivity index (χ0v) is 20.1. The number of hydrogen-bond donors (Lipinski definition) is 3. The number of nitrogens with one attached hydrogen (secondary N) is 3. The minimum absolute atomic E-state index is 0.0144. The van der Waals surface area contributed by atoms with Gasteiger partial charge in [0, 0.05) is 48.9 Å². The van der Waals surface area contributed by atoms with E-state index in [9.17, 15) is 9.59 Å². The first-order chi connectivity index (χ1) is 16.5. The summed E-state index contributed by atoms with van der Waals surface area (Å²) in [5, 5.41) is 11.8. The third kappa shape index (κ3) is 6.35. The van der Waals surface area contributed by atoms with Crippen LogP contribution < -0.4 is 16.0 Å². The molecule has 1 aliphatic rings. The molecule has 0 bridgehead atoms. The lowest BCUT2D eigenvalue weighted by atomic mass is 10.1. The summed E-state index contributed by atoms with van der Waals surface area (Å²) in [5.41, 5.74) is 4.08. The van der Waals surface area contributed by atoms with Gasteiger partial charge in [0.1, 0.15) is 0 Å². The molecule has 3 aromatic carbocycles.